The van der Waals surface area contributed by atoms with E-state index in [9.17, 15) is 28.1 Å². The van der Waals surface area contributed by atoms with Crippen molar-refractivity contribution in [1.29, 1.82) is 0 Å². The topological polar surface area (TPSA) is 129 Å². The Labute approximate surface area is 205 Å². The van der Waals surface area contributed by atoms with Gasteiger partial charge in [-0.15, -0.1) is 0 Å². The van der Waals surface area contributed by atoms with Gasteiger partial charge in [0.25, 0.3) is 11.6 Å². The third kappa shape index (κ3) is 5.15. The number of aromatic nitrogens is 2. The molecule has 0 aliphatic carbocycles. The Kier molecular flexibility index (Phi) is 5.87. The third-order valence-electron chi connectivity index (χ3n) is 5.25. The molecule has 37 heavy (non-hydrogen) atoms. The van der Waals surface area contributed by atoms with E-state index in [4.69, 9.17) is 14.2 Å². The summed E-state index contributed by atoms with van der Waals surface area (Å²) in [5, 5.41) is 20.6. The number of nitro groups is 1. The fourth-order valence-corrected chi connectivity index (χ4v) is 3.53. The Hall–Kier alpha value is -5.07. The molecule has 1 aliphatic heterocycles. The van der Waals surface area contributed by atoms with Gasteiger partial charge in [-0.1, -0.05) is 6.07 Å². The van der Waals surface area contributed by atoms with Crippen molar-refractivity contribution in [3.63, 3.8) is 0 Å². The number of amides is 1. The number of alkyl halides is 3. The van der Waals surface area contributed by atoms with Crippen LogP contribution in [-0.2, 0) is 6.18 Å². The molecule has 2 heterocycles. The SMILES string of the molecule is O=C(Nc1cc(Oc2cccc(C(F)(F)F)c2)cc([N+](=O)[O-])c1)c1cc(-c2ccc3c(c2)OCO3)n[nH]1. The van der Waals surface area contributed by atoms with Gasteiger partial charge in [-0.3, -0.25) is 20.0 Å². The van der Waals surface area contributed by atoms with Crippen molar-refractivity contribution in [2.24, 2.45) is 0 Å². The summed E-state index contributed by atoms with van der Waals surface area (Å²) in [6.07, 6.45) is -4.59. The van der Waals surface area contributed by atoms with Crippen molar-refractivity contribution in [3.05, 3.63) is 88.1 Å². The highest BCUT2D eigenvalue weighted by molar-refractivity contribution is 6.03. The van der Waals surface area contributed by atoms with Gasteiger partial charge in [-0.25, -0.2) is 0 Å². The number of halogens is 3. The number of H-pyrrole nitrogens is 1. The minimum Gasteiger partial charge on any atom is -0.457 e. The first-order valence-corrected chi connectivity index (χ1v) is 10.6. The highest BCUT2D eigenvalue weighted by Crippen LogP contribution is 2.36. The molecule has 4 aromatic rings. The van der Waals surface area contributed by atoms with Gasteiger partial charge in [-0.05, 0) is 42.5 Å². The van der Waals surface area contributed by atoms with Crippen LogP contribution in [0.4, 0.5) is 24.5 Å². The summed E-state index contributed by atoms with van der Waals surface area (Å²) < 4.78 is 55.0. The standard InChI is InChI=1S/C24H15F3N4O6/c25-24(26,27)14-2-1-3-17(7-14)37-18-9-15(8-16(10-18)31(33)34)28-23(32)20-11-19(29-30-20)13-4-5-21-22(6-13)36-12-35-21/h1-11H,12H2,(H,28,32)(H,29,30). The van der Waals surface area contributed by atoms with Crippen molar-refractivity contribution < 1.29 is 37.1 Å². The molecule has 0 radical (unpaired) electrons. The number of hydrogen-bond acceptors (Lipinski definition) is 7. The number of carbonyl (C=O) groups is 1. The lowest BCUT2D eigenvalue weighted by Gasteiger charge is -2.11. The van der Waals surface area contributed by atoms with E-state index >= 15 is 0 Å². The summed E-state index contributed by atoms with van der Waals surface area (Å²) in [5.74, 6) is 0.136. The quantitative estimate of drug-likeness (QED) is 0.248. The van der Waals surface area contributed by atoms with Crippen LogP contribution in [0.15, 0.2) is 66.7 Å². The summed E-state index contributed by atoms with van der Waals surface area (Å²) >= 11 is 0. The van der Waals surface area contributed by atoms with E-state index < -0.39 is 28.3 Å². The summed E-state index contributed by atoms with van der Waals surface area (Å²) in [6.45, 7) is 0.107. The second-order valence-electron chi connectivity index (χ2n) is 7.79. The van der Waals surface area contributed by atoms with E-state index in [1.165, 1.54) is 18.2 Å². The molecule has 0 unspecified atom stereocenters. The molecule has 5 rings (SSSR count). The molecule has 0 bridgehead atoms. The van der Waals surface area contributed by atoms with Gasteiger partial charge in [0, 0.05) is 17.7 Å². The second-order valence-corrected chi connectivity index (χ2v) is 7.79. The molecule has 0 fully saturated rings. The van der Waals surface area contributed by atoms with Crippen LogP contribution < -0.4 is 19.5 Å². The number of non-ortho nitro benzene ring substituents is 1. The predicted molar refractivity (Wildman–Crippen MR) is 123 cm³/mol. The molecule has 1 aromatic heterocycles. The third-order valence-corrected chi connectivity index (χ3v) is 5.25. The molecule has 0 saturated carbocycles. The molecule has 3 aromatic carbocycles. The molecule has 1 amide bonds. The zero-order valence-electron chi connectivity index (χ0n) is 18.5. The van der Waals surface area contributed by atoms with Gasteiger partial charge in [0.15, 0.2) is 11.5 Å². The second kappa shape index (κ2) is 9.18. The Balaban J connectivity index is 1.37. The molecule has 0 spiro atoms. The van der Waals surface area contributed by atoms with E-state index in [2.05, 4.69) is 15.5 Å². The van der Waals surface area contributed by atoms with Crippen molar-refractivity contribution in [2.75, 3.05) is 12.1 Å². The van der Waals surface area contributed by atoms with Crippen LogP contribution in [-0.4, -0.2) is 27.8 Å². The molecule has 13 heteroatoms. The number of benzene rings is 3. The Morgan fingerprint density at radius 1 is 1.03 bits per heavy atom. The maximum absolute atomic E-state index is 13.0. The number of nitrogens with zero attached hydrogens (tertiary/aromatic N) is 2. The molecule has 0 saturated heterocycles. The maximum atomic E-state index is 13.0. The van der Waals surface area contributed by atoms with Crippen LogP contribution in [0, 0.1) is 10.1 Å². The van der Waals surface area contributed by atoms with Crippen LogP contribution >= 0.6 is 0 Å². The number of hydrogen-bond donors (Lipinski definition) is 2. The lowest BCUT2D eigenvalue weighted by Crippen LogP contribution is -2.12. The number of fused-ring (bicyclic) bond motifs is 1. The van der Waals surface area contributed by atoms with E-state index in [1.54, 1.807) is 18.2 Å². The lowest BCUT2D eigenvalue weighted by atomic mass is 10.1. The van der Waals surface area contributed by atoms with Gasteiger partial charge < -0.3 is 19.5 Å². The number of nitrogens with one attached hydrogen (secondary N) is 2. The van der Waals surface area contributed by atoms with E-state index in [1.807, 2.05) is 0 Å². The van der Waals surface area contributed by atoms with Gasteiger partial charge >= 0.3 is 6.18 Å². The smallest absolute Gasteiger partial charge is 0.416 e. The molecular weight excluding hydrogens is 497 g/mol. The van der Waals surface area contributed by atoms with Gasteiger partial charge in [0.1, 0.15) is 17.2 Å². The van der Waals surface area contributed by atoms with Gasteiger partial charge in [0.2, 0.25) is 6.79 Å². The monoisotopic (exact) mass is 512 g/mol. The van der Waals surface area contributed by atoms with E-state index in [0.717, 1.165) is 30.3 Å². The molecule has 188 valence electrons. The number of carbonyl (C=O) groups excluding carboxylic acids is 1. The van der Waals surface area contributed by atoms with Crippen molar-refractivity contribution in [1.82, 2.24) is 10.2 Å². The normalized spacial score (nSPS) is 12.3. The van der Waals surface area contributed by atoms with Crippen LogP contribution in [0.5, 0.6) is 23.0 Å². The number of nitro benzene ring substituents is 1. The molecule has 1 aliphatic rings. The van der Waals surface area contributed by atoms with Crippen molar-refractivity contribution in [3.8, 4) is 34.3 Å². The predicted octanol–water partition coefficient (Wildman–Crippen LogP) is 5.78. The van der Waals surface area contributed by atoms with Crippen molar-refractivity contribution in [2.45, 2.75) is 6.18 Å². The fraction of sp³-hybridized carbons (Fsp3) is 0.0833. The summed E-state index contributed by atoms with van der Waals surface area (Å²) in [6, 6.07) is 14.1. The van der Waals surface area contributed by atoms with Crippen LogP contribution in [0.1, 0.15) is 16.1 Å². The van der Waals surface area contributed by atoms with Crippen LogP contribution in [0.25, 0.3) is 11.3 Å². The maximum Gasteiger partial charge on any atom is 0.416 e. The molecular formula is C24H15F3N4O6. The Morgan fingerprint density at radius 2 is 1.84 bits per heavy atom. The number of rotatable bonds is 6. The van der Waals surface area contributed by atoms with E-state index in [-0.39, 0.29) is 29.7 Å². The summed E-state index contributed by atoms with van der Waals surface area (Å²) in [4.78, 5) is 23.5. The minimum atomic E-state index is -4.59. The van der Waals surface area contributed by atoms with Gasteiger partial charge in [0.05, 0.1) is 27.9 Å². The zero-order chi connectivity index (χ0) is 26.2. The average molecular weight is 512 g/mol. The van der Waals surface area contributed by atoms with Crippen LogP contribution in [0.3, 0.4) is 0 Å². The number of anilines is 1. The summed E-state index contributed by atoms with van der Waals surface area (Å²) in [5.41, 5.74) is -0.241. The Bertz CT molecular complexity index is 1520. The first-order valence-electron chi connectivity index (χ1n) is 10.6. The first kappa shape index (κ1) is 23.7. The zero-order valence-corrected chi connectivity index (χ0v) is 18.5. The number of ether oxygens (including phenoxy) is 3. The first-order chi connectivity index (χ1) is 17.7. The lowest BCUT2D eigenvalue weighted by molar-refractivity contribution is -0.384. The fourth-order valence-electron chi connectivity index (χ4n) is 3.53. The highest BCUT2D eigenvalue weighted by atomic mass is 19.4. The van der Waals surface area contributed by atoms with Crippen molar-refractivity contribution >= 4 is 17.3 Å². The minimum absolute atomic E-state index is 0.0135. The number of aromatic amines is 1. The molecule has 10 nitrogen and oxygen atoms in total. The van der Waals surface area contributed by atoms with Gasteiger partial charge in [-0.2, -0.15) is 18.3 Å². The van der Waals surface area contributed by atoms with Crippen LogP contribution in [0.2, 0.25) is 0 Å². The largest absolute Gasteiger partial charge is 0.457 e. The summed E-state index contributed by atoms with van der Waals surface area (Å²) in [7, 11) is 0. The van der Waals surface area contributed by atoms with E-state index in [0.29, 0.717) is 22.8 Å². The highest BCUT2D eigenvalue weighted by Gasteiger charge is 2.30. The molecule has 2 N–H and O–H groups in total. The molecule has 0 atom stereocenters. The Morgan fingerprint density at radius 3 is 2.62 bits per heavy atom. The average Bonchev–Trinajstić information content (AvgIpc) is 3.53.